The lowest BCUT2D eigenvalue weighted by molar-refractivity contribution is -0.115. The van der Waals surface area contributed by atoms with E-state index in [4.69, 9.17) is 0 Å². The van der Waals surface area contributed by atoms with Crippen LogP contribution >= 0.6 is 0 Å². The number of rotatable bonds is 6. The van der Waals surface area contributed by atoms with Crippen molar-refractivity contribution < 1.29 is 9.18 Å². The molecule has 0 heterocycles. The van der Waals surface area contributed by atoms with Crippen LogP contribution in [0.1, 0.15) is 18.1 Å². The second-order valence-corrected chi connectivity index (χ2v) is 5.59. The van der Waals surface area contributed by atoms with Crippen LogP contribution in [0.4, 0.5) is 10.1 Å². The van der Waals surface area contributed by atoms with Crippen LogP contribution in [-0.4, -0.2) is 25.0 Å². The smallest absolute Gasteiger partial charge is 0.243 e. The average molecular weight is 342 g/mol. The second kappa shape index (κ2) is 9.42. The molecule has 0 atom stereocenters. The van der Waals surface area contributed by atoms with Gasteiger partial charge in [0, 0.05) is 12.2 Å². The Morgan fingerprint density at radius 1 is 1.12 bits per heavy atom. The lowest BCUT2D eigenvalue weighted by Gasteiger charge is -2.11. The number of benzene rings is 2. The highest BCUT2D eigenvalue weighted by Crippen LogP contribution is 2.08. The number of nitrogens with zero attached hydrogens (tertiary/aromatic N) is 1. The van der Waals surface area contributed by atoms with Crippen molar-refractivity contribution in [2.45, 2.75) is 20.4 Å². The van der Waals surface area contributed by atoms with Gasteiger partial charge in [0.25, 0.3) is 0 Å². The molecule has 0 saturated heterocycles. The molecule has 0 saturated carbocycles. The highest BCUT2D eigenvalue weighted by molar-refractivity contribution is 5.94. The van der Waals surface area contributed by atoms with Crippen LogP contribution in [0.2, 0.25) is 0 Å². The molecule has 2 aromatic rings. The number of aliphatic imine (C=N–C) groups is 1. The largest absolute Gasteiger partial charge is 0.357 e. The molecular formula is C19H23FN4O. The van der Waals surface area contributed by atoms with Crippen molar-refractivity contribution in [2.75, 3.05) is 18.4 Å². The molecule has 2 rings (SSSR count). The van der Waals surface area contributed by atoms with Crippen LogP contribution in [0.25, 0.3) is 0 Å². The molecular weight excluding hydrogens is 319 g/mol. The van der Waals surface area contributed by atoms with E-state index in [0.29, 0.717) is 24.7 Å². The number of carbonyl (C=O) groups excluding carboxylic acids is 1. The van der Waals surface area contributed by atoms with Gasteiger partial charge in [0.15, 0.2) is 5.96 Å². The zero-order valence-corrected chi connectivity index (χ0v) is 14.5. The fourth-order valence-electron chi connectivity index (χ4n) is 2.14. The zero-order valence-electron chi connectivity index (χ0n) is 14.5. The summed E-state index contributed by atoms with van der Waals surface area (Å²) in [6.07, 6.45) is 0. The lowest BCUT2D eigenvalue weighted by Crippen LogP contribution is -2.41. The number of guanidine groups is 1. The van der Waals surface area contributed by atoms with Crippen LogP contribution in [0, 0.1) is 12.7 Å². The van der Waals surface area contributed by atoms with Crippen molar-refractivity contribution in [3.05, 3.63) is 65.5 Å². The predicted octanol–water partition coefficient (Wildman–Crippen LogP) is 2.83. The molecule has 0 bridgehead atoms. The van der Waals surface area contributed by atoms with E-state index in [2.05, 4.69) is 20.9 Å². The summed E-state index contributed by atoms with van der Waals surface area (Å²) in [4.78, 5) is 16.4. The quantitative estimate of drug-likeness (QED) is 0.559. The Labute approximate surface area is 147 Å². The molecule has 0 aliphatic heterocycles. The summed E-state index contributed by atoms with van der Waals surface area (Å²) in [6, 6.07) is 13.9. The highest BCUT2D eigenvalue weighted by Gasteiger charge is 2.05. The Balaban J connectivity index is 1.88. The van der Waals surface area contributed by atoms with E-state index in [-0.39, 0.29) is 12.5 Å². The van der Waals surface area contributed by atoms with Gasteiger partial charge in [-0.25, -0.2) is 9.38 Å². The maximum Gasteiger partial charge on any atom is 0.243 e. The van der Waals surface area contributed by atoms with Gasteiger partial charge >= 0.3 is 0 Å². The van der Waals surface area contributed by atoms with Crippen LogP contribution < -0.4 is 16.0 Å². The molecule has 0 aromatic heterocycles. The molecule has 6 heteroatoms. The fourth-order valence-corrected chi connectivity index (χ4v) is 2.14. The molecule has 132 valence electrons. The third-order valence-corrected chi connectivity index (χ3v) is 3.41. The minimum atomic E-state index is -0.390. The fraction of sp³-hybridized carbons (Fsp3) is 0.263. The third kappa shape index (κ3) is 6.63. The van der Waals surface area contributed by atoms with Crippen molar-refractivity contribution in [3.8, 4) is 0 Å². The molecule has 1 amide bonds. The Morgan fingerprint density at radius 3 is 2.56 bits per heavy atom. The molecule has 25 heavy (non-hydrogen) atoms. The van der Waals surface area contributed by atoms with Gasteiger partial charge in [-0.2, -0.15) is 0 Å². The summed E-state index contributed by atoms with van der Waals surface area (Å²) in [5.74, 6) is -0.109. The first kappa shape index (κ1) is 18.4. The standard InChI is InChI=1S/C19H23FN4O/c1-3-21-19(22-12-15-9-7-14(2)8-10-15)23-13-18(25)24-17-6-4-5-16(20)11-17/h4-11H,3,12-13H2,1-2H3,(H,24,25)(H2,21,22,23). The van der Waals surface area contributed by atoms with E-state index >= 15 is 0 Å². The van der Waals surface area contributed by atoms with E-state index in [0.717, 1.165) is 5.56 Å². The van der Waals surface area contributed by atoms with E-state index in [1.807, 2.05) is 38.1 Å². The Hall–Kier alpha value is -2.89. The van der Waals surface area contributed by atoms with Crippen molar-refractivity contribution in [3.63, 3.8) is 0 Å². The topological polar surface area (TPSA) is 65.5 Å². The maximum atomic E-state index is 13.1. The predicted molar refractivity (Wildman–Crippen MR) is 99.0 cm³/mol. The molecule has 0 aliphatic carbocycles. The minimum absolute atomic E-state index is 0.0379. The zero-order chi connectivity index (χ0) is 18.1. The Bertz CT molecular complexity index is 728. The minimum Gasteiger partial charge on any atom is -0.357 e. The first-order chi connectivity index (χ1) is 12.1. The average Bonchev–Trinajstić information content (AvgIpc) is 2.59. The van der Waals surface area contributed by atoms with Gasteiger partial charge < -0.3 is 16.0 Å². The van der Waals surface area contributed by atoms with Crippen molar-refractivity contribution >= 4 is 17.6 Å². The summed E-state index contributed by atoms with van der Waals surface area (Å²) in [7, 11) is 0. The van der Waals surface area contributed by atoms with Gasteiger partial charge in [0.2, 0.25) is 5.91 Å². The normalized spacial score (nSPS) is 11.1. The monoisotopic (exact) mass is 342 g/mol. The van der Waals surface area contributed by atoms with E-state index in [1.54, 1.807) is 12.1 Å². The summed E-state index contributed by atoms with van der Waals surface area (Å²) in [5.41, 5.74) is 2.71. The summed E-state index contributed by atoms with van der Waals surface area (Å²) in [6.45, 7) is 5.23. The molecule has 3 N–H and O–H groups in total. The van der Waals surface area contributed by atoms with Crippen LogP contribution in [-0.2, 0) is 11.3 Å². The van der Waals surface area contributed by atoms with E-state index in [9.17, 15) is 9.18 Å². The van der Waals surface area contributed by atoms with Gasteiger partial charge in [-0.3, -0.25) is 4.79 Å². The van der Waals surface area contributed by atoms with Gasteiger partial charge in [-0.15, -0.1) is 0 Å². The van der Waals surface area contributed by atoms with Gasteiger partial charge in [-0.1, -0.05) is 35.9 Å². The van der Waals surface area contributed by atoms with Crippen LogP contribution in [0.3, 0.4) is 0 Å². The van der Waals surface area contributed by atoms with Gasteiger partial charge in [0.05, 0.1) is 13.1 Å². The number of anilines is 1. The number of carbonyl (C=O) groups is 1. The molecule has 2 aromatic carbocycles. The number of halogens is 1. The highest BCUT2D eigenvalue weighted by atomic mass is 19.1. The second-order valence-electron chi connectivity index (χ2n) is 5.59. The van der Waals surface area contributed by atoms with Crippen molar-refractivity contribution in [2.24, 2.45) is 4.99 Å². The first-order valence-corrected chi connectivity index (χ1v) is 8.20. The van der Waals surface area contributed by atoms with E-state index in [1.165, 1.54) is 17.7 Å². The number of aryl methyl sites for hydroxylation is 1. The lowest BCUT2D eigenvalue weighted by atomic mass is 10.1. The molecule has 0 spiro atoms. The SMILES string of the molecule is CCNC(=NCc1ccc(C)cc1)NCC(=O)Nc1cccc(F)c1. The van der Waals surface area contributed by atoms with E-state index < -0.39 is 5.82 Å². The summed E-state index contributed by atoms with van der Waals surface area (Å²) in [5, 5.41) is 8.70. The summed E-state index contributed by atoms with van der Waals surface area (Å²) < 4.78 is 13.1. The van der Waals surface area contributed by atoms with Crippen molar-refractivity contribution in [1.82, 2.24) is 10.6 Å². The first-order valence-electron chi connectivity index (χ1n) is 8.20. The third-order valence-electron chi connectivity index (χ3n) is 3.41. The molecule has 5 nitrogen and oxygen atoms in total. The van der Waals surface area contributed by atoms with Crippen molar-refractivity contribution in [1.29, 1.82) is 0 Å². The van der Waals surface area contributed by atoms with Gasteiger partial charge in [-0.05, 0) is 37.6 Å². The number of amides is 1. The summed E-state index contributed by atoms with van der Waals surface area (Å²) >= 11 is 0. The van der Waals surface area contributed by atoms with Gasteiger partial charge in [0.1, 0.15) is 5.82 Å². The number of hydrogen-bond donors (Lipinski definition) is 3. The molecule has 0 radical (unpaired) electrons. The number of hydrogen-bond acceptors (Lipinski definition) is 2. The molecule has 0 unspecified atom stereocenters. The Kier molecular flexibility index (Phi) is 6.95. The van der Waals surface area contributed by atoms with Crippen LogP contribution in [0.15, 0.2) is 53.5 Å². The molecule has 0 fully saturated rings. The molecule has 0 aliphatic rings. The van der Waals surface area contributed by atoms with Crippen LogP contribution in [0.5, 0.6) is 0 Å². The number of nitrogens with one attached hydrogen (secondary N) is 3. The maximum absolute atomic E-state index is 13.1. The Morgan fingerprint density at radius 2 is 1.88 bits per heavy atom.